The van der Waals surface area contributed by atoms with Crippen LogP contribution in [0.15, 0.2) is 83.1 Å². The van der Waals surface area contributed by atoms with Crippen LogP contribution in [0.2, 0.25) is 0 Å². The quantitative estimate of drug-likeness (QED) is 0.0167. The van der Waals surface area contributed by atoms with Gasteiger partial charge in [-0.15, -0.1) is 5.10 Å². The summed E-state index contributed by atoms with van der Waals surface area (Å²) in [5.74, 6) is -3.10. The number of nitrogens with two attached hydrogens (primary N) is 1. The lowest BCUT2D eigenvalue weighted by molar-refractivity contribution is -0.175. The van der Waals surface area contributed by atoms with Gasteiger partial charge in [0.15, 0.2) is 16.7 Å². The molecular formula is C63H78N12O15S2. The second-order valence-corrected chi connectivity index (χ2v) is 25.3. The van der Waals surface area contributed by atoms with Crippen molar-refractivity contribution in [2.24, 2.45) is 11.7 Å². The first-order valence-electron chi connectivity index (χ1n) is 30.5. The first-order chi connectivity index (χ1) is 44.2. The molecular weight excluding hydrogens is 1230 g/mol. The maximum atomic E-state index is 14.4. The number of carbonyl (C=O) groups is 7. The molecule has 29 heteroatoms. The van der Waals surface area contributed by atoms with Crippen molar-refractivity contribution < 1.29 is 65.7 Å². The molecule has 27 nitrogen and oxygen atoms in total. The van der Waals surface area contributed by atoms with Crippen LogP contribution in [0.3, 0.4) is 0 Å². The molecule has 0 bridgehead atoms. The molecule has 492 valence electrons. The summed E-state index contributed by atoms with van der Waals surface area (Å²) in [5, 5.41) is 17.9. The van der Waals surface area contributed by atoms with E-state index in [0.717, 1.165) is 16.5 Å². The van der Waals surface area contributed by atoms with Gasteiger partial charge in [0.05, 0.1) is 66.7 Å². The number of fused-ring (bicyclic) bond motifs is 5. The number of rotatable bonds is 36. The molecule has 0 unspecified atom stereocenters. The number of hydrogen-bond acceptors (Lipinski definition) is 22. The van der Waals surface area contributed by atoms with Crippen LogP contribution in [-0.4, -0.2) is 153 Å². The Balaban J connectivity index is 0.749. The highest BCUT2D eigenvalue weighted by molar-refractivity contribution is 7.98. The molecule has 2 aliphatic rings. The predicted molar refractivity (Wildman–Crippen MR) is 338 cm³/mol. The van der Waals surface area contributed by atoms with Crippen molar-refractivity contribution in [2.45, 2.75) is 135 Å². The van der Waals surface area contributed by atoms with Gasteiger partial charge in [-0.25, -0.2) is 37.6 Å². The summed E-state index contributed by atoms with van der Waals surface area (Å²) in [6.45, 7) is 6.14. The number of carbonyl (C=O) groups excluding carboxylic acids is 7. The number of sulfonamides is 1. The van der Waals surface area contributed by atoms with Crippen LogP contribution in [0.4, 0.5) is 10.5 Å². The fourth-order valence-corrected chi connectivity index (χ4v) is 12.4. The summed E-state index contributed by atoms with van der Waals surface area (Å²) < 4.78 is 58.1. The van der Waals surface area contributed by atoms with Crippen LogP contribution in [0.1, 0.15) is 122 Å². The van der Waals surface area contributed by atoms with E-state index in [9.17, 15) is 46.8 Å². The summed E-state index contributed by atoms with van der Waals surface area (Å²) in [4.78, 5) is 119. The number of esters is 1. The molecule has 5 N–H and O–H groups in total. The van der Waals surface area contributed by atoms with E-state index in [4.69, 9.17) is 34.4 Å². The molecule has 2 aromatic carbocycles. The highest BCUT2D eigenvalue weighted by atomic mass is 32.2. The van der Waals surface area contributed by atoms with Gasteiger partial charge in [-0.3, -0.25) is 28.8 Å². The maximum Gasteiger partial charge on any atom is 0.510 e. The summed E-state index contributed by atoms with van der Waals surface area (Å²) >= 11 is 1.37. The fourth-order valence-electron chi connectivity index (χ4n) is 10.9. The van der Waals surface area contributed by atoms with E-state index in [2.05, 4.69) is 36.2 Å². The second kappa shape index (κ2) is 32.8. The van der Waals surface area contributed by atoms with E-state index >= 15 is 0 Å². The van der Waals surface area contributed by atoms with Gasteiger partial charge in [-0.05, 0) is 101 Å². The number of Topliss-reactive ketones (excluding diaryl/α,β-unsaturated/α-hetero) is 2. The average Bonchev–Trinajstić information content (AvgIpc) is 1.46. The molecule has 2 atom stereocenters. The minimum atomic E-state index is -3.54. The lowest BCUT2D eigenvalue weighted by Gasteiger charge is -2.35. The Morgan fingerprint density at radius 1 is 0.913 bits per heavy atom. The third kappa shape index (κ3) is 18.2. The predicted octanol–water partition coefficient (Wildman–Crippen LogP) is 5.31. The van der Waals surface area contributed by atoms with E-state index in [1.165, 1.54) is 34.7 Å². The number of nitrogens with one attached hydrogen (secondary N) is 3. The van der Waals surface area contributed by atoms with Gasteiger partial charge in [0, 0.05) is 85.5 Å². The smallest absolute Gasteiger partial charge is 0.457 e. The van der Waals surface area contributed by atoms with Crippen LogP contribution >= 0.6 is 11.8 Å². The van der Waals surface area contributed by atoms with Crippen LogP contribution in [0.5, 0.6) is 0 Å². The zero-order valence-corrected chi connectivity index (χ0v) is 53.9. The van der Waals surface area contributed by atoms with E-state index < -0.39 is 45.1 Å². The van der Waals surface area contributed by atoms with Crippen LogP contribution < -0.4 is 27.2 Å². The number of aromatic nitrogens is 7. The number of benzene rings is 2. The molecule has 0 saturated carbocycles. The van der Waals surface area contributed by atoms with Gasteiger partial charge in [-0.1, -0.05) is 60.7 Å². The van der Waals surface area contributed by atoms with Gasteiger partial charge in [-0.2, -0.15) is 4.31 Å². The molecule has 0 aliphatic carbocycles. The van der Waals surface area contributed by atoms with Crippen molar-refractivity contribution in [1.29, 1.82) is 0 Å². The third-order valence-corrected chi connectivity index (χ3v) is 17.7. The molecule has 3 amide bonds. The number of ether oxygens (including phenoxy) is 5. The topological polar surface area (TPSA) is 357 Å². The SMILES string of the molecule is CC[C@@]1(OC(=O)OCc2ccc(NC(=O)[C@H](CCCCN)CC(=O)COCC(=O)CCCOCCn3cc(CNC(=O)CCCNC(=O)c4cnc(SC)nc4)nn3)cc2)C(=O)OCc2c1cc1n(c2=O)Cc2c-1nc1ccccc1c2CCN(C(C)C)S(C)(=O)=O. The lowest BCUT2D eigenvalue weighted by Crippen LogP contribution is -2.47. The Morgan fingerprint density at radius 3 is 2.40 bits per heavy atom. The van der Waals surface area contributed by atoms with Crippen molar-refractivity contribution in [1.82, 2.24) is 49.5 Å². The number of unbranched alkanes of at least 4 members (excludes halogenated alkanes) is 1. The normalized spacial score (nSPS) is 14.5. The Morgan fingerprint density at radius 2 is 1.67 bits per heavy atom. The molecule has 92 heavy (non-hydrogen) atoms. The van der Waals surface area contributed by atoms with Crippen molar-refractivity contribution in [3.63, 3.8) is 0 Å². The van der Waals surface area contributed by atoms with Gasteiger partial charge in [0.1, 0.15) is 32.1 Å². The molecule has 0 radical (unpaired) electrons. The van der Waals surface area contributed by atoms with Crippen molar-refractivity contribution in [2.75, 3.05) is 63.9 Å². The molecule has 2 aliphatic heterocycles. The average molecular weight is 1310 g/mol. The van der Waals surface area contributed by atoms with E-state index in [1.807, 2.05) is 44.4 Å². The minimum Gasteiger partial charge on any atom is -0.457 e. The van der Waals surface area contributed by atoms with Gasteiger partial charge in [0.25, 0.3) is 11.5 Å². The Labute approximate surface area is 536 Å². The largest absolute Gasteiger partial charge is 0.510 e. The number of anilines is 1. The monoisotopic (exact) mass is 1310 g/mol. The Bertz CT molecular complexity index is 3810. The summed E-state index contributed by atoms with van der Waals surface area (Å²) in [6, 6.07) is 15.2. The highest BCUT2D eigenvalue weighted by Gasteiger charge is 2.51. The lowest BCUT2D eigenvalue weighted by atomic mass is 9.85. The zero-order chi connectivity index (χ0) is 66.0. The summed E-state index contributed by atoms with van der Waals surface area (Å²) in [7, 11) is -3.54. The minimum absolute atomic E-state index is 0.111. The maximum absolute atomic E-state index is 14.4. The number of thioether (sulfide) groups is 1. The first-order valence-corrected chi connectivity index (χ1v) is 33.6. The van der Waals surface area contributed by atoms with Crippen LogP contribution in [-0.2, 0) is 103 Å². The summed E-state index contributed by atoms with van der Waals surface area (Å²) in [6.07, 6.45) is 9.34. The standard InChI is InChI=1S/C63H78N12O15S2/c1-6-63(52-30-54-56-50(35-74(54)59(81)51(52)39-88-60(63)82)48(49-15-7-8-16-53(49)70-56)22-25-75(40(2)3)92(5,84)85)90-62(83)89-36-41-18-20-44(21-19-41)69-58(80)42(13-9-10-23-64)29-47(77)38-87-37-46(76)14-12-27-86-28-26-73-34-45(71-72-73)33-66-55(78)17-11-24-65-57(79)43-31-67-61(91-4)68-32-43/h7-8,15-16,18-21,30-32,34,40,42H,6,9-14,17,22-29,33,35-39,64H2,1-5H3,(H,65,79)(H,66,78)(H,69,80)/t42-,63+/m1/s1. The van der Waals surface area contributed by atoms with Gasteiger partial charge >= 0.3 is 12.1 Å². The molecule has 0 spiro atoms. The molecule has 6 aromatic rings. The van der Waals surface area contributed by atoms with Crippen LogP contribution in [0.25, 0.3) is 22.3 Å². The Kier molecular flexibility index (Phi) is 24.8. The number of ketones is 2. The van der Waals surface area contributed by atoms with Gasteiger partial charge in [0.2, 0.25) is 27.4 Å². The molecule has 0 fully saturated rings. The van der Waals surface area contributed by atoms with Crippen LogP contribution in [0, 0.1) is 5.92 Å². The number of amides is 3. The molecule has 4 aromatic heterocycles. The van der Waals surface area contributed by atoms with E-state index in [0.29, 0.717) is 116 Å². The number of hydrogen-bond donors (Lipinski definition) is 4. The number of pyridine rings is 2. The van der Waals surface area contributed by atoms with Crippen molar-refractivity contribution in [3.05, 3.63) is 123 Å². The van der Waals surface area contributed by atoms with Crippen molar-refractivity contribution >= 4 is 79.8 Å². The number of cyclic esters (lactones) is 1. The number of nitrogens with zero attached hydrogens (tertiary/aromatic N) is 8. The summed E-state index contributed by atoms with van der Waals surface area (Å²) in [5.41, 5.74) is 8.38. The van der Waals surface area contributed by atoms with Crippen molar-refractivity contribution in [3.8, 4) is 11.4 Å². The third-order valence-electron chi connectivity index (χ3n) is 15.7. The molecule has 6 heterocycles. The molecule has 0 saturated heterocycles. The number of para-hydroxylation sites is 1. The zero-order valence-electron chi connectivity index (χ0n) is 52.2. The fraction of sp³-hybridized carbons (Fsp3) is 0.476. The first kappa shape index (κ1) is 69.5. The van der Waals surface area contributed by atoms with E-state index in [1.54, 1.807) is 52.7 Å². The molecule has 8 rings (SSSR count). The van der Waals surface area contributed by atoms with Gasteiger partial charge < -0.3 is 49.9 Å². The Hall–Kier alpha value is -8.35. The highest BCUT2D eigenvalue weighted by Crippen LogP contribution is 2.42. The van der Waals surface area contributed by atoms with E-state index in [-0.39, 0.29) is 112 Å². The second-order valence-electron chi connectivity index (χ2n) is 22.6.